The van der Waals surface area contributed by atoms with Crippen molar-refractivity contribution in [1.29, 1.82) is 0 Å². The van der Waals surface area contributed by atoms with Gasteiger partial charge in [0.2, 0.25) is 0 Å². The first kappa shape index (κ1) is 24.7. The van der Waals surface area contributed by atoms with Crippen LogP contribution in [-0.2, 0) is 27.8 Å². The molecule has 0 spiro atoms. The molecule has 4 rings (SSSR count). The van der Waals surface area contributed by atoms with Gasteiger partial charge in [-0.3, -0.25) is 9.80 Å². The van der Waals surface area contributed by atoms with Crippen LogP contribution >= 0.6 is 11.8 Å². The lowest BCUT2D eigenvalue weighted by molar-refractivity contribution is -0.110. The zero-order valence-corrected chi connectivity index (χ0v) is 20.8. The first-order valence-electron chi connectivity index (χ1n) is 11.2. The summed E-state index contributed by atoms with van der Waals surface area (Å²) >= 11 is 1.56. The maximum absolute atomic E-state index is 12.2. The molecule has 2 atom stereocenters. The van der Waals surface area contributed by atoms with E-state index in [0.29, 0.717) is 17.9 Å². The van der Waals surface area contributed by atoms with E-state index in [-0.39, 0.29) is 16.9 Å². The smallest absolute Gasteiger partial charge is 0.272 e. The van der Waals surface area contributed by atoms with Crippen LogP contribution in [0.3, 0.4) is 0 Å². The molecule has 1 aliphatic heterocycles. The third-order valence-corrected chi connectivity index (χ3v) is 7.73. The summed E-state index contributed by atoms with van der Waals surface area (Å²) < 4.78 is 22.0. The van der Waals surface area contributed by atoms with Crippen LogP contribution in [0.1, 0.15) is 40.5 Å². The minimum absolute atomic E-state index is 0.00877. The summed E-state index contributed by atoms with van der Waals surface area (Å²) in [6.45, 7) is 2.48. The van der Waals surface area contributed by atoms with Gasteiger partial charge in [-0.15, -0.1) is 11.8 Å². The second-order valence-corrected chi connectivity index (χ2v) is 10.4. The quantitative estimate of drug-likeness (QED) is 0.299. The predicted octanol–water partition coefficient (Wildman–Crippen LogP) is 3.64. The molecule has 35 heavy (non-hydrogen) atoms. The highest BCUT2D eigenvalue weighted by Gasteiger charge is 2.31. The number of thioether (sulfide) groups is 1. The molecule has 1 aromatic heterocycles. The largest absolute Gasteiger partial charge is 0.357 e. The summed E-state index contributed by atoms with van der Waals surface area (Å²) in [6, 6.07) is 18.3. The maximum atomic E-state index is 12.2. The Kier molecular flexibility index (Phi) is 8.04. The van der Waals surface area contributed by atoms with E-state index in [4.69, 9.17) is 5.10 Å². The number of hydrazone groups is 1. The number of nitrogens with one attached hydrogen (secondary N) is 2. The van der Waals surface area contributed by atoms with Crippen molar-refractivity contribution < 1.29 is 18.0 Å². The van der Waals surface area contributed by atoms with E-state index in [2.05, 4.69) is 17.2 Å². The molecule has 0 bridgehead atoms. The normalized spacial score (nSPS) is 17.8. The lowest BCUT2D eigenvalue weighted by Crippen LogP contribution is -2.39. The number of carbonyl (C=O) groups excluding carboxylic acids is 2. The van der Waals surface area contributed by atoms with Gasteiger partial charge in [0.25, 0.3) is 5.91 Å². The van der Waals surface area contributed by atoms with E-state index in [1.807, 2.05) is 36.4 Å². The third-order valence-electron chi connectivity index (χ3n) is 5.59. The van der Waals surface area contributed by atoms with Crippen LogP contribution in [0, 0.1) is 0 Å². The Morgan fingerprint density at radius 2 is 1.83 bits per heavy atom. The van der Waals surface area contributed by atoms with Crippen molar-refractivity contribution >= 4 is 46.1 Å². The Hall–Kier alpha value is -3.37. The monoisotopic (exact) mass is 510 g/mol. The lowest BCUT2D eigenvalue weighted by atomic mass is 10.0. The van der Waals surface area contributed by atoms with Gasteiger partial charge in [0, 0.05) is 11.9 Å². The van der Waals surface area contributed by atoms with Gasteiger partial charge in [-0.05, 0) is 47.4 Å². The Morgan fingerprint density at radius 3 is 2.43 bits per heavy atom. The average Bonchev–Trinajstić information content (AvgIpc) is 3.40. The number of aromatic nitrogens is 1. The van der Waals surface area contributed by atoms with Crippen LogP contribution in [0.2, 0.25) is 0 Å². The highest BCUT2D eigenvalue weighted by atomic mass is 32.2. The highest BCUT2D eigenvalue weighted by Crippen LogP contribution is 2.32. The fraction of sp³-hybridized carbons (Fsp3) is 0.240. The average molecular weight is 511 g/mol. The van der Waals surface area contributed by atoms with Gasteiger partial charge >= 0.3 is 0 Å². The molecule has 2 heterocycles. The number of amides is 1. The van der Waals surface area contributed by atoms with Gasteiger partial charge in [-0.25, -0.2) is 8.42 Å². The summed E-state index contributed by atoms with van der Waals surface area (Å²) in [5.74, 6) is -0.210. The summed E-state index contributed by atoms with van der Waals surface area (Å²) in [5.41, 5.74) is 4.60. The molecule has 0 saturated carbocycles. The topological polar surface area (TPSA) is 112 Å². The lowest BCUT2D eigenvalue weighted by Gasteiger charge is -2.34. The fourth-order valence-corrected chi connectivity index (χ4v) is 5.48. The molecule has 0 radical (unpaired) electrons. The Bertz CT molecular complexity index is 1260. The second kappa shape index (κ2) is 11.4. The van der Waals surface area contributed by atoms with Gasteiger partial charge in [-0.2, -0.15) is 5.10 Å². The maximum Gasteiger partial charge on any atom is 0.272 e. The molecule has 2 unspecified atom stereocenters. The Balaban J connectivity index is 1.52. The zero-order valence-electron chi connectivity index (χ0n) is 19.1. The summed E-state index contributed by atoms with van der Waals surface area (Å²) in [5, 5.41) is 9.10. The van der Waals surface area contributed by atoms with Crippen LogP contribution in [0.25, 0.3) is 0 Å². The minimum Gasteiger partial charge on any atom is -0.357 e. The highest BCUT2D eigenvalue weighted by molar-refractivity contribution is 8.01. The SMILES string of the molecule is CCC1SC(C=O)N(Cc2ccc(NC(=O)c3ccc[nH]3)cc2)N=C1c1ccc(C[SH](=O)=O)cc1. The number of hydrogen-bond donors (Lipinski definition) is 3. The molecule has 1 aliphatic rings. The van der Waals surface area contributed by atoms with E-state index in [1.54, 1.807) is 47.2 Å². The van der Waals surface area contributed by atoms with Crippen LogP contribution < -0.4 is 5.32 Å². The number of H-pyrrole nitrogens is 1. The van der Waals surface area contributed by atoms with Crippen molar-refractivity contribution in [2.24, 2.45) is 5.10 Å². The van der Waals surface area contributed by atoms with E-state index < -0.39 is 16.1 Å². The van der Waals surface area contributed by atoms with Crippen LogP contribution in [0.4, 0.5) is 5.69 Å². The fourth-order valence-electron chi connectivity index (χ4n) is 3.80. The van der Waals surface area contributed by atoms with E-state index >= 15 is 0 Å². The van der Waals surface area contributed by atoms with Crippen molar-refractivity contribution in [3.8, 4) is 0 Å². The van der Waals surface area contributed by atoms with Gasteiger partial charge in [0.15, 0.2) is 6.29 Å². The predicted molar refractivity (Wildman–Crippen MR) is 139 cm³/mol. The van der Waals surface area contributed by atoms with Gasteiger partial charge in [0.1, 0.15) is 21.8 Å². The number of benzene rings is 2. The van der Waals surface area contributed by atoms with Crippen molar-refractivity contribution in [3.63, 3.8) is 0 Å². The van der Waals surface area contributed by atoms with Crippen LogP contribution in [0.5, 0.6) is 0 Å². The van der Waals surface area contributed by atoms with Crippen molar-refractivity contribution in [2.45, 2.75) is 36.3 Å². The van der Waals surface area contributed by atoms with Crippen LogP contribution in [-0.4, -0.2) is 46.9 Å². The van der Waals surface area contributed by atoms with Crippen molar-refractivity contribution in [1.82, 2.24) is 9.99 Å². The number of aromatic amines is 1. The number of nitrogens with zero attached hydrogens (tertiary/aromatic N) is 2. The van der Waals surface area contributed by atoms with Gasteiger partial charge in [0.05, 0.1) is 23.3 Å². The zero-order chi connectivity index (χ0) is 24.8. The molecule has 0 fully saturated rings. The Labute approximate surface area is 209 Å². The minimum atomic E-state index is -2.48. The van der Waals surface area contributed by atoms with Crippen LogP contribution in [0.15, 0.2) is 72.0 Å². The number of rotatable bonds is 9. The molecule has 2 aromatic carbocycles. The number of hydrogen-bond acceptors (Lipinski definition) is 7. The number of anilines is 1. The second-order valence-electron chi connectivity index (χ2n) is 8.07. The summed E-state index contributed by atoms with van der Waals surface area (Å²) in [6.07, 6.45) is 3.41. The standard InChI is InChI=1S/C25H26N4O4S2/c1-2-22-24(19-9-5-18(6-10-19)16-35(32)33)28-29(23(15-30)34-22)14-17-7-11-20(12-8-17)27-25(31)21-4-3-13-26-21/h3-13,15,22-23,26,35H,2,14,16H2,1H3,(H,27,31). The first-order valence-corrected chi connectivity index (χ1v) is 13.5. The van der Waals surface area contributed by atoms with Crippen molar-refractivity contribution in [2.75, 3.05) is 5.32 Å². The molecule has 8 nitrogen and oxygen atoms in total. The molecule has 0 aliphatic carbocycles. The van der Waals surface area contributed by atoms with E-state index in [1.165, 1.54) is 0 Å². The number of thiol groups is 1. The Morgan fingerprint density at radius 1 is 1.11 bits per heavy atom. The number of aldehydes is 1. The molecular weight excluding hydrogens is 484 g/mol. The molecule has 10 heteroatoms. The third kappa shape index (κ3) is 6.20. The first-order chi connectivity index (χ1) is 17.0. The van der Waals surface area contributed by atoms with E-state index in [0.717, 1.165) is 35.1 Å². The molecular formula is C25H26N4O4S2. The summed E-state index contributed by atoms with van der Waals surface area (Å²) in [4.78, 5) is 27.0. The number of carbonyl (C=O) groups is 2. The molecule has 0 saturated heterocycles. The van der Waals surface area contributed by atoms with E-state index in [9.17, 15) is 18.0 Å². The van der Waals surface area contributed by atoms with Gasteiger partial charge in [-0.1, -0.05) is 43.3 Å². The van der Waals surface area contributed by atoms with Crippen molar-refractivity contribution in [3.05, 3.63) is 89.2 Å². The molecule has 182 valence electrons. The molecule has 1 amide bonds. The molecule has 3 aromatic rings. The molecule has 2 N–H and O–H groups in total. The van der Waals surface area contributed by atoms with Gasteiger partial charge < -0.3 is 15.1 Å². The summed E-state index contributed by atoms with van der Waals surface area (Å²) in [7, 11) is -2.48.